The minimum absolute atomic E-state index is 0.157. The van der Waals surface area contributed by atoms with E-state index in [2.05, 4.69) is 0 Å². The third-order valence-corrected chi connectivity index (χ3v) is 2.24. The largest absolute Gasteiger partial charge is 0.389 e. The number of hydrogen-bond donors (Lipinski definition) is 1. The molecule has 1 saturated heterocycles. The molecule has 0 aliphatic carbocycles. The molecule has 0 atom stereocenters. The number of likely N-dealkylation sites (tertiary alicyclic amines) is 1. The predicted molar refractivity (Wildman–Crippen MR) is 48.3 cm³/mol. The number of aliphatic hydroxyl groups is 1. The Hall–Kier alpha value is -1.42. The van der Waals surface area contributed by atoms with Crippen molar-refractivity contribution >= 4 is 5.91 Å². The summed E-state index contributed by atoms with van der Waals surface area (Å²) >= 11 is 0. The quantitative estimate of drug-likeness (QED) is 0.714. The summed E-state index contributed by atoms with van der Waals surface area (Å²) in [6.45, 7) is 0.742. The second-order valence-electron chi connectivity index (χ2n) is 3.37. The number of carbonyl (C=O) groups is 1. The van der Waals surface area contributed by atoms with Crippen LogP contribution >= 0.6 is 0 Å². The number of rotatable bonds is 1. The van der Waals surface area contributed by atoms with Gasteiger partial charge in [0.1, 0.15) is 5.82 Å². The number of hydrogen-bond acceptors (Lipinski definition) is 2. The molecular weight excluding hydrogens is 185 g/mol. The van der Waals surface area contributed by atoms with Gasteiger partial charge in [-0.25, -0.2) is 4.39 Å². The Morgan fingerprint density at radius 1 is 1.36 bits per heavy atom. The first-order valence-electron chi connectivity index (χ1n) is 4.40. The topological polar surface area (TPSA) is 40.5 Å². The maximum atomic E-state index is 12.5. The highest BCUT2D eigenvalue weighted by Crippen LogP contribution is 2.13. The summed E-state index contributed by atoms with van der Waals surface area (Å²) in [4.78, 5) is 13.1. The molecule has 1 aromatic carbocycles. The van der Waals surface area contributed by atoms with Crippen LogP contribution in [0.3, 0.4) is 0 Å². The number of aliphatic hydroxyl groups excluding tert-OH is 1. The molecule has 1 fully saturated rings. The Bertz CT molecular complexity index is 344. The highest BCUT2D eigenvalue weighted by molar-refractivity contribution is 5.94. The molecule has 2 rings (SSSR count). The lowest BCUT2D eigenvalue weighted by Gasteiger charge is -2.35. The van der Waals surface area contributed by atoms with E-state index in [1.807, 2.05) is 0 Å². The van der Waals surface area contributed by atoms with Gasteiger partial charge in [-0.15, -0.1) is 0 Å². The van der Waals surface area contributed by atoms with E-state index >= 15 is 0 Å². The molecular formula is C10H10FNO2. The second kappa shape index (κ2) is 3.38. The third-order valence-electron chi connectivity index (χ3n) is 2.24. The van der Waals surface area contributed by atoms with Gasteiger partial charge in [-0.3, -0.25) is 4.79 Å². The normalized spacial score (nSPS) is 16.6. The van der Waals surface area contributed by atoms with Crippen molar-refractivity contribution in [2.24, 2.45) is 0 Å². The Morgan fingerprint density at radius 3 is 2.43 bits per heavy atom. The van der Waals surface area contributed by atoms with Gasteiger partial charge in [-0.05, 0) is 24.3 Å². The van der Waals surface area contributed by atoms with Gasteiger partial charge in [-0.2, -0.15) is 0 Å². The van der Waals surface area contributed by atoms with E-state index in [0.29, 0.717) is 18.7 Å². The molecule has 74 valence electrons. The summed E-state index contributed by atoms with van der Waals surface area (Å²) in [7, 11) is 0. The van der Waals surface area contributed by atoms with Crippen LogP contribution in [0.15, 0.2) is 24.3 Å². The molecule has 0 spiro atoms. The van der Waals surface area contributed by atoms with Crippen LogP contribution < -0.4 is 0 Å². The number of benzene rings is 1. The molecule has 0 saturated carbocycles. The van der Waals surface area contributed by atoms with Crippen molar-refractivity contribution in [3.8, 4) is 0 Å². The summed E-state index contributed by atoms with van der Waals surface area (Å²) in [6, 6.07) is 5.40. The summed E-state index contributed by atoms with van der Waals surface area (Å²) in [6.07, 6.45) is -0.403. The van der Waals surface area contributed by atoms with Crippen molar-refractivity contribution in [1.82, 2.24) is 4.90 Å². The van der Waals surface area contributed by atoms with Crippen LogP contribution in [0.25, 0.3) is 0 Å². The fraction of sp³-hybridized carbons (Fsp3) is 0.300. The van der Waals surface area contributed by atoms with Crippen molar-refractivity contribution in [3.05, 3.63) is 35.6 Å². The highest BCUT2D eigenvalue weighted by atomic mass is 19.1. The average Bonchev–Trinajstić information content (AvgIpc) is 2.13. The maximum Gasteiger partial charge on any atom is 0.254 e. The van der Waals surface area contributed by atoms with E-state index in [-0.39, 0.29) is 11.7 Å². The Balaban J connectivity index is 2.08. The standard InChI is InChI=1S/C10H10FNO2/c11-8-3-1-7(2-4-8)10(14)12-5-9(13)6-12/h1-4,9,13H,5-6H2. The average molecular weight is 195 g/mol. The lowest BCUT2D eigenvalue weighted by atomic mass is 10.1. The number of halogens is 1. The van der Waals surface area contributed by atoms with E-state index in [0.717, 1.165) is 0 Å². The molecule has 1 aliphatic rings. The minimum atomic E-state index is -0.403. The first-order chi connectivity index (χ1) is 6.66. The zero-order chi connectivity index (χ0) is 10.1. The van der Waals surface area contributed by atoms with Gasteiger partial charge in [0, 0.05) is 18.7 Å². The van der Waals surface area contributed by atoms with Crippen LogP contribution in [0.2, 0.25) is 0 Å². The Morgan fingerprint density at radius 2 is 1.93 bits per heavy atom. The van der Waals surface area contributed by atoms with Crippen LogP contribution in [0.5, 0.6) is 0 Å². The lowest BCUT2D eigenvalue weighted by Crippen LogP contribution is -2.53. The maximum absolute atomic E-state index is 12.5. The van der Waals surface area contributed by atoms with Gasteiger partial charge in [0.2, 0.25) is 0 Å². The predicted octanol–water partition coefficient (Wildman–Crippen LogP) is 0.642. The van der Waals surface area contributed by atoms with Crippen molar-refractivity contribution in [1.29, 1.82) is 0 Å². The monoisotopic (exact) mass is 195 g/mol. The van der Waals surface area contributed by atoms with E-state index in [1.165, 1.54) is 29.2 Å². The fourth-order valence-electron chi connectivity index (χ4n) is 1.40. The van der Waals surface area contributed by atoms with Gasteiger partial charge in [0.15, 0.2) is 0 Å². The van der Waals surface area contributed by atoms with Gasteiger partial charge in [-0.1, -0.05) is 0 Å². The fourth-order valence-corrected chi connectivity index (χ4v) is 1.40. The molecule has 14 heavy (non-hydrogen) atoms. The molecule has 1 aliphatic heterocycles. The van der Waals surface area contributed by atoms with Gasteiger partial charge in [0.25, 0.3) is 5.91 Å². The minimum Gasteiger partial charge on any atom is -0.389 e. The van der Waals surface area contributed by atoms with Crippen LogP contribution in [0.4, 0.5) is 4.39 Å². The molecule has 0 radical (unpaired) electrons. The van der Waals surface area contributed by atoms with Crippen LogP contribution in [0, 0.1) is 5.82 Å². The van der Waals surface area contributed by atoms with E-state index in [9.17, 15) is 9.18 Å². The second-order valence-corrected chi connectivity index (χ2v) is 3.37. The Labute approximate surface area is 80.8 Å². The number of nitrogens with zero attached hydrogens (tertiary/aromatic N) is 1. The van der Waals surface area contributed by atoms with Gasteiger partial charge >= 0.3 is 0 Å². The van der Waals surface area contributed by atoms with Crippen molar-refractivity contribution < 1.29 is 14.3 Å². The molecule has 0 unspecified atom stereocenters. The summed E-state index contributed by atoms with van der Waals surface area (Å²) in [5.74, 6) is -0.513. The molecule has 1 amide bonds. The van der Waals surface area contributed by atoms with E-state index < -0.39 is 6.10 Å². The zero-order valence-electron chi connectivity index (χ0n) is 7.48. The van der Waals surface area contributed by atoms with Crippen molar-refractivity contribution in [3.63, 3.8) is 0 Å². The van der Waals surface area contributed by atoms with Gasteiger partial charge < -0.3 is 10.0 Å². The van der Waals surface area contributed by atoms with Crippen LogP contribution in [-0.4, -0.2) is 35.1 Å². The summed E-state index contributed by atoms with van der Waals surface area (Å²) in [5.41, 5.74) is 0.457. The molecule has 3 nitrogen and oxygen atoms in total. The zero-order valence-corrected chi connectivity index (χ0v) is 7.48. The van der Waals surface area contributed by atoms with Gasteiger partial charge in [0.05, 0.1) is 6.10 Å². The molecule has 1 aromatic rings. The lowest BCUT2D eigenvalue weighted by molar-refractivity contribution is 0.00589. The van der Waals surface area contributed by atoms with Crippen molar-refractivity contribution in [2.75, 3.05) is 13.1 Å². The van der Waals surface area contributed by atoms with Crippen molar-refractivity contribution in [2.45, 2.75) is 6.10 Å². The molecule has 4 heteroatoms. The highest BCUT2D eigenvalue weighted by Gasteiger charge is 2.29. The van der Waals surface area contributed by atoms with E-state index in [1.54, 1.807) is 0 Å². The number of carbonyl (C=O) groups excluding carboxylic acids is 1. The van der Waals surface area contributed by atoms with E-state index in [4.69, 9.17) is 5.11 Å². The van der Waals surface area contributed by atoms with Crippen LogP contribution in [-0.2, 0) is 0 Å². The smallest absolute Gasteiger partial charge is 0.254 e. The SMILES string of the molecule is O=C(c1ccc(F)cc1)N1CC(O)C1. The number of amides is 1. The molecule has 1 heterocycles. The van der Waals surface area contributed by atoms with Crippen LogP contribution in [0.1, 0.15) is 10.4 Å². The Kier molecular flexibility index (Phi) is 2.21. The number of β-amino-alcohol motifs (C(OH)–C–C–N with tert-alkyl or cyclic N) is 1. The first kappa shape index (κ1) is 9.15. The third kappa shape index (κ3) is 1.61. The molecule has 0 bridgehead atoms. The molecule has 0 aromatic heterocycles. The summed E-state index contributed by atoms with van der Waals surface area (Å²) in [5, 5.41) is 9.00. The molecule has 1 N–H and O–H groups in total. The summed E-state index contributed by atoms with van der Waals surface area (Å²) < 4.78 is 12.5. The first-order valence-corrected chi connectivity index (χ1v) is 4.40.